The zero-order valence-electron chi connectivity index (χ0n) is 11.6. The van der Waals surface area contributed by atoms with E-state index in [1.54, 1.807) is 0 Å². The van der Waals surface area contributed by atoms with E-state index in [0.29, 0.717) is 6.04 Å². The standard InChI is InChI=1S/C14H28N2O/c1-4-5-10-15-14(17)12(3)16-13-8-6-11(2)7-9-13/h11-13,16H,4-10H2,1-3H3,(H,15,17). The predicted molar refractivity (Wildman–Crippen MR) is 71.9 cm³/mol. The Hall–Kier alpha value is -0.570. The Labute approximate surface area is 106 Å². The van der Waals surface area contributed by atoms with E-state index in [0.717, 1.165) is 25.3 Å². The first-order valence-corrected chi connectivity index (χ1v) is 7.17. The molecule has 0 heterocycles. The second kappa shape index (κ2) is 7.70. The van der Waals surface area contributed by atoms with Gasteiger partial charge in [0.1, 0.15) is 0 Å². The summed E-state index contributed by atoms with van der Waals surface area (Å²) in [4.78, 5) is 11.8. The van der Waals surface area contributed by atoms with Crippen molar-refractivity contribution in [3.8, 4) is 0 Å². The largest absolute Gasteiger partial charge is 0.355 e. The summed E-state index contributed by atoms with van der Waals surface area (Å²) >= 11 is 0. The number of hydrogen-bond donors (Lipinski definition) is 2. The molecule has 1 fully saturated rings. The molecule has 0 aromatic rings. The third-order valence-corrected chi connectivity index (χ3v) is 3.72. The van der Waals surface area contributed by atoms with E-state index in [9.17, 15) is 4.79 Å². The van der Waals surface area contributed by atoms with Gasteiger partial charge in [-0.15, -0.1) is 0 Å². The van der Waals surface area contributed by atoms with E-state index in [2.05, 4.69) is 24.5 Å². The molecule has 0 radical (unpaired) electrons. The lowest BCUT2D eigenvalue weighted by molar-refractivity contribution is -0.123. The van der Waals surface area contributed by atoms with Gasteiger partial charge in [-0.05, 0) is 44.9 Å². The molecular formula is C14H28N2O. The van der Waals surface area contributed by atoms with E-state index in [-0.39, 0.29) is 11.9 Å². The third-order valence-electron chi connectivity index (χ3n) is 3.72. The van der Waals surface area contributed by atoms with Crippen molar-refractivity contribution in [2.75, 3.05) is 6.54 Å². The average molecular weight is 240 g/mol. The Kier molecular flexibility index (Phi) is 6.56. The summed E-state index contributed by atoms with van der Waals surface area (Å²) in [5, 5.41) is 6.43. The van der Waals surface area contributed by atoms with Crippen LogP contribution in [0.15, 0.2) is 0 Å². The Morgan fingerprint density at radius 3 is 2.53 bits per heavy atom. The maximum atomic E-state index is 11.8. The predicted octanol–water partition coefficient (Wildman–Crippen LogP) is 2.46. The van der Waals surface area contributed by atoms with Crippen molar-refractivity contribution in [2.45, 2.75) is 71.4 Å². The van der Waals surface area contributed by atoms with Gasteiger partial charge in [0.2, 0.25) is 5.91 Å². The van der Waals surface area contributed by atoms with E-state index in [1.165, 1.54) is 25.7 Å². The Morgan fingerprint density at radius 2 is 1.94 bits per heavy atom. The first-order chi connectivity index (χ1) is 8.13. The maximum Gasteiger partial charge on any atom is 0.236 e. The van der Waals surface area contributed by atoms with E-state index >= 15 is 0 Å². The van der Waals surface area contributed by atoms with Crippen molar-refractivity contribution >= 4 is 5.91 Å². The smallest absolute Gasteiger partial charge is 0.236 e. The molecular weight excluding hydrogens is 212 g/mol. The fourth-order valence-corrected chi connectivity index (χ4v) is 2.40. The van der Waals surface area contributed by atoms with Crippen LogP contribution < -0.4 is 10.6 Å². The van der Waals surface area contributed by atoms with Crippen LogP contribution in [-0.2, 0) is 4.79 Å². The van der Waals surface area contributed by atoms with Gasteiger partial charge in [0.25, 0.3) is 0 Å². The van der Waals surface area contributed by atoms with Crippen LogP contribution >= 0.6 is 0 Å². The van der Waals surface area contributed by atoms with Crippen molar-refractivity contribution in [3.63, 3.8) is 0 Å². The second-order valence-corrected chi connectivity index (χ2v) is 5.49. The van der Waals surface area contributed by atoms with Gasteiger partial charge in [0.05, 0.1) is 6.04 Å². The highest BCUT2D eigenvalue weighted by atomic mass is 16.2. The first kappa shape index (κ1) is 14.5. The molecule has 0 bridgehead atoms. The van der Waals surface area contributed by atoms with Crippen LogP contribution in [-0.4, -0.2) is 24.5 Å². The normalized spacial score (nSPS) is 26.5. The Morgan fingerprint density at radius 1 is 1.29 bits per heavy atom. The lowest BCUT2D eigenvalue weighted by Gasteiger charge is -2.29. The van der Waals surface area contributed by atoms with Gasteiger partial charge in [0, 0.05) is 12.6 Å². The van der Waals surface area contributed by atoms with Gasteiger partial charge in [-0.2, -0.15) is 0 Å². The minimum absolute atomic E-state index is 0.0507. The summed E-state index contributed by atoms with van der Waals surface area (Å²) in [6, 6.07) is 0.489. The van der Waals surface area contributed by atoms with Crippen LogP contribution in [0, 0.1) is 5.92 Å². The average Bonchev–Trinajstić information content (AvgIpc) is 2.32. The molecule has 1 atom stereocenters. The maximum absolute atomic E-state index is 11.8. The molecule has 1 amide bonds. The lowest BCUT2D eigenvalue weighted by Crippen LogP contribution is -2.47. The molecule has 2 N–H and O–H groups in total. The van der Waals surface area contributed by atoms with Gasteiger partial charge >= 0.3 is 0 Å². The van der Waals surface area contributed by atoms with Gasteiger partial charge in [0.15, 0.2) is 0 Å². The van der Waals surface area contributed by atoms with Crippen LogP contribution in [0.25, 0.3) is 0 Å². The number of nitrogens with one attached hydrogen (secondary N) is 2. The molecule has 0 saturated heterocycles. The summed E-state index contributed by atoms with van der Waals surface area (Å²) in [6.07, 6.45) is 7.22. The number of unbranched alkanes of at least 4 members (excludes halogenated alkanes) is 1. The highest BCUT2D eigenvalue weighted by Gasteiger charge is 2.21. The Bertz CT molecular complexity index is 222. The van der Waals surface area contributed by atoms with Crippen molar-refractivity contribution in [2.24, 2.45) is 5.92 Å². The number of amides is 1. The zero-order chi connectivity index (χ0) is 12.7. The van der Waals surface area contributed by atoms with Crippen LogP contribution in [0.3, 0.4) is 0 Å². The topological polar surface area (TPSA) is 41.1 Å². The van der Waals surface area contributed by atoms with Crippen molar-refractivity contribution in [1.82, 2.24) is 10.6 Å². The molecule has 0 aliphatic heterocycles. The molecule has 0 spiro atoms. The van der Waals surface area contributed by atoms with Crippen LogP contribution in [0.2, 0.25) is 0 Å². The molecule has 3 nitrogen and oxygen atoms in total. The fraction of sp³-hybridized carbons (Fsp3) is 0.929. The van der Waals surface area contributed by atoms with Gasteiger partial charge < -0.3 is 10.6 Å². The van der Waals surface area contributed by atoms with Crippen molar-refractivity contribution in [1.29, 1.82) is 0 Å². The van der Waals surface area contributed by atoms with Gasteiger partial charge in [-0.3, -0.25) is 4.79 Å². The number of rotatable bonds is 6. The summed E-state index contributed by atoms with van der Waals surface area (Å²) in [5.74, 6) is 1.01. The summed E-state index contributed by atoms with van der Waals surface area (Å²) in [5.41, 5.74) is 0. The SMILES string of the molecule is CCCCNC(=O)C(C)NC1CCC(C)CC1. The summed E-state index contributed by atoms with van der Waals surface area (Å²) < 4.78 is 0. The number of carbonyl (C=O) groups is 1. The van der Waals surface area contributed by atoms with E-state index < -0.39 is 0 Å². The third kappa shape index (κ3) is 5.53. The molecule has 0 aromatic heterocycles. The van der Waals surface area contributed by atoms with Crippen molar-refractivity contribution in [3.05, 3.63) is 0 Å². The fourth-order valence-electron chi connectivity index (χ4n) is 2.40. The summed E-state index contributed by atoms with van der Waals surface area (Å²) in [7, 11) is 0. The molecule has 100 valence electrons. The molecule has 17 heavy (non-hydrogen) atoms. The second-order valence-electron chi connectivity index (χ2n) is 5.49. The van der Waals surface area contributed by atoms with Crippen molar-refractivity contribution < 1.29 is 4.79 Å². The molecule has 1 aliphatic carbocycles. The molecule has 3 heteroatoms. The zero-order valence-corrected chi connectivity index (χ0v) is 11.6. The molecule has 1 aliphatic rings. The van der Waals surface area contributed by atoms with Crippen LogP contribution in [0.4, 0.5) is 0 Å². The molecule has 1 unspecified atom stereocenters. The number of carbonyl (C=O) groups excluding carboxylic acids is 1. The van der Waals surface area contributed by atoms with Crippen LogP contribution in [0.5, 0.6) is 0 Å². The number of hydrogen-bond acceptors (Lipinski definition) is 2. The first-order valence-electron chi connectivity index (χ1n) is 7.17. The van der Waals surface area contributed by atoms with Gasteiger partial charge in [-0.1, -0.05) is 20.3 Å². The molecule has 1 rings (SSSR count). The highest BCUT2D eigenvalue weighted by Crippen LogP contribution is 2.23. The summed E-state index contributed by atoms with van der Waals surface area (Å²) in [6.45, 7) is 7.23. The minimum atomic E-state index is -0.0507. The van der Waals surface area contributed by atoms with Crippen LogP contribution in [0.1, 0.15) is 59.3 Å². The van der Waals surface area contributed by atoms with Gasteiger partial charge in [-0.25, -0.2) is 0 Å². The molecule has 0 aromatic carbocycles. The minimum Gasteiger partial charge on any atom is -0.355 e. The quantitative estimate of drug-likeness (QED) is 0.700. The lowest BCUT2D eigenvalue weighted by atomic mass is 9.87. The van der Waals surface area contributed by atoms with E-state index in [1.807, 2.05) is 6.92 Å². The highest BCUT2D eigenvalue weighted by molar-refractivity contribution is 5.81. The monoisotopic (exact) mass is 240 g/mol. The van der Waals surface area contributed by atoms with E-state index in [4.69, 9.17) is 0 Å². The Balaban J connectivity index is 2.19. The molecule has 1 saturated carbocycles.